The van der Waals surface area contributed by atoms with Gasteiger partial charge in [0.05, 0.1) is 0 Å². The first kappa shape index (κ1) is 34.8. The van der Waals surface area contributed by atoms with Gasteiger partial charge in [0.1, 0.15) is 0 Å². The van der Waals surface area contributed by atoms with E-state index in [0.717, 1.165) is 0 Å². The third kappa shape index (κ3) is 13.2. The van der Waals surface area contributed by atoms with Crippen molar-refractivity contribution in [1.29, 1.82) is 0 Å². The molecule has 38 heavy (non-hydrogen) atoms. The summed E-state index contributed by atoms with van der Waals surface area (Å²) in [5, 5.41) is 0. The van der Waals surface area contributed by atoms with E-state index in [2.05, 4.69) is 138 Å². The summed E-state index contributed by atoms with van der Waals surface area (Å²) in [4.78, 5) is 5.48. The van der Waals surface area contributed by atoms with Crippen molar-refractivity contribution in [2.45, 2.75) is 93.9 Å². The second kappa shape index (κ2) is 12.9. The molecule has 0 aliphatic carbocycles. The number of rotatable bonds is 3. The molecule has 0 bridgehead atoms. The molecule has 7 heteroatoms. The summed E-state index contributed by atoms with van der Waals surface area (Å²) >= 11 is 3.79. The fourth-order valence-electron chi connectivity index (χ4n) is 3.18. The molecular weight excluding hydrogens is 536 g/mol. The monoisotopic (exact) mass is 580 g/mol. The van der Waals surface area contributed by atoms with Crippen LogP contribution in [0.4, 0.5) is 0 Å². The van der Waals surface area contributed by atoms with E-state index in [-0.39, 0.29) is 21.7 Å². The van der Waals surface area contributed by atoms with Crippen molar-refractivity contribution in [2.75, 3.05) is 0 Å². The third-order valence-electron chi connectivity index (χ3n) is 5.58. The minimum Gasteiger partial charge on any atom is -0.222 e. The average molecular weight is 581 g/mol. The molecule has 0 N–H and O–H groups in total. The molecular formula is C31H45ClO4S2. The summed E-state index contributed by atoms with van der Waals surface area (Å²) in [5.74, 6) is 0. The number of allylic oxidation sites excluding steroid dienone is 8. The van der Waals surface area contributed by atoms with E-state index in [4.69, 9.17) is 18.6 Å². The largest absolute Gasteiger partial charge is 0.231 e. The van der Waals surface area contributed by atoms with Crippen LogP contribution in [0.2, 0.25) is 0 Å². The van der Waals surface area contributed by atoms with Gasteiger partial charge in [0, 0.05) is 28.5 Å². The van der Waals surface area contributed by atoms with Crippen molar-refractivity contribution < 1.29 is 28.9 Å². The average Bonchev–Trinajstić information content (AvgIpc) is 2.69. The van der Waals surface area contributed by atoms with Gasteiger partial charge < -0.3 is 0 Å². The Bertz CT molecular complexity index is 1070. The first-order valence-corrected chi connectivity index (χ1v) is 15.5. The Morgan fingerprint density at radius 1 is 0.684 bits per heavy atom. The third-order valence-corrected chi connectivity index (χ3v) is 8.46. The van der Waals surface area contributed by atoms with Crippen LogP contribution >= 0.6 is 23.1 Å². The molecule has 1 aromatic heterocycles. The van der Waals surface area contributed by atoms with E-state index >= 15 is 0 Å². The van der Waals surface area contributed by atoms with Crippen LogP contribution in [0.15, 0.2) is 64.0 Å². The lowest BCUT2D eigenvalue weighted by molar-refractivity contribution is -2.00. The van der Waals surface area contributed by atoms with Gasteiger partial charge in [-0.2, -0.15) is 0 Å². The molecule has 1 aromatic rings. The molecule has 1 aliphatic rings. The standard InChI is InChI=1S/C31H45S2.ClHO4/c1-28(2,3)22-18-24(32-26(20-22)30(7,8)9)16-14-13-15-17-25-19-23(29(4,5)6)21-27(33-25)31(10,11)12;2-1(3,4)5/h13-21H,1-12H3;(H,2,3,4,5)/q+1;/p-1. The van der Waals surface area contributed by atoms with Gasteiger partial charge in [0.2, 0.25) is 21.1 Å². The van der Waals surface area contributed by atoms with Crippen molar-refractivity contribution in [3.63, 3.8) is 0 Å². The summed E-state index contributed by atoms with van der Waals surface area (Å²) in [6, 6.07) is 4.74. The van der Waals surface area contributed by atoms with Crippen LogP contribution in [-0.4, -0.2) is 0 Å². The maximum Gasteiger partial charge on any atom is 0.231 e. The fourth-order valence-corrected chi connectivity index (χ4v) is 5.34. The Morgan fingerprint density at radius 2 is 1.24 bits per heavy atom. The van der Waals surface area contributed by atoms with Crippen LogP contribution in [0.5, 0.6) is 0 Å². The molecule has 0 fully saturated rings. The van der Waals surface area contributed by atoms with Gasteiger partial charge in [0.15, 0.2) is 0 Å². The SMILES string of the molecule is CC(C)(C)C1=C\C(=C/C=C/C=C/c2cc(C(C)(C)C)cc(C(C)(C)C)[s+]2)SC(C(C)(C)C)=C1.[O-][Cl+3]([O-])([O-])[O-]. The van der Waals surface area contributed by atoms with E-state index in [9.17, 15) is 0 Å². The first-order valence-electron chi connectivity index (χ1n) is 12.7. The van der Waals surface area contributed by atoms with Crippen LogP contribution < -0.4 is 18.6 Å². The molecule has 2 heterocycles. The molecule has 0 spiro atoms. The van der Waals surface area contributed by atoms with E-state index < -0.39 is 10.2 Å². The smallest absolute Gasteiger partial charge is 0.222 e. The van der Waals surface area contributed by atoms with Crippen LogP contribution in [0.1, 0.15) is 98.4 Å². The van der Waals surface area contributed by atoms with Crippen molar-refractivity contribution in [3.8, 4) is 0 Å². The van der Waals surface area contributed by atoms with Gasteiger partial charge in [-0.25, -0.2) is 18.6 Å². The van der Waals surface area contributed by atoms with Crippen molar-refractivity contribution in [1.82, 2.24) is 0 Å². The zero-order valence-electron chi connectivity index (χ0n) is 25.0. The van der Waals surface area contributed by atoms with Gasteiger partial charge >= 0.3 is 0 Å². The summed E-state index contributed by atoms with van der Waals surface area (Å²) in [5.41, 5.74) is 3.40. The molecule has 0 amide bonds. The number of hydrogen-bond donors (Lipinski definition) is 0. The van der Waals surface area contributed by atoms with E-state index in [1.54, 1.807) is 0 Å². The predicted molar refractivity (Wildman–Crippen MR) is 155 cm³/mol. The second-order valence-electron chi connectivity index (χ2n) is 13.5. The lowest BCUT2D eigenvalue weighted by atomic mass is 9.83. The topological polar surface area (TPSA) is 92.2 Å². The zero-order valence-corrected chi connectivity index (χ0v) is 27.4. The van der Waals surface area contributed by atoms with E-state index in [1.807, 2.05) is 23.1 Å². The summed E-state index contributed by atoms with van der Waals surface area (Å²) < 4.78 is 34.0. The van der Waals surface area contributed by atoms with E-state index in [0.29, 0.717) is 0 Å². The van der Waals surface area contributed by atoms with E-state index in [1.165, 1.54) is 30.7 Å². The molecule has 0 radical (unpaired) electrons. The molecule has 2 rings (SSSR count). The van der Waals surface area contributed by atoms with Gasteiger partial charge in [-0.3, -0.25) is 0 Å². The predicted octanol–water partition coefficient (Wildman–Crippen LogP) is 5.97. The number of hydrogen-bond acceptors (Lipinski definition) is 5. The minimum absolute atomic E-state index is 0.143. The Morgan fingerprint density at radius 3 is 1.68 bits per heavy atom. The summed E-state index contributed by atoms with van der Waals surface area (Å²) in [6.07, 6.45) is 15.7. The van der Waals surface area contributed by atoms with Crippen molar-refractivity contribution >= 4 is 29.2 Å². The highest BCUT2D eigenvalue weighted by molar-refractivity contribution is 8.07. The van der Waals surface area contributed by atoms with Crippen molar-refractivity contribution in [2.24, 2.45) is 10.8 Å². The Hall–Kier alpha value is -1.25. The van der Waals surface area contributed by atoms with Gasteiger partial charge in [-0.15, -0.1) is 10.2 Å². The fraction of sp³-hybridized carbons (Fsp3) is 0.516. The van der Waals surface area contributed by atoms with Crippen LogP contribution in [0, 0.1) is 21.1 Å². The molecule has 0 saturated heterocycles. The minimum atomic E-state index is -4.94. The number of halogens is 1. The molecule has 212 valence electrons. The van der Waals surface area contributed by atoms with Crippen LogP contribution in [0.3, 0.4) is 0 Å². The first-order chi connectivity index (χ1) is 16.9. The molecule has 1 aliphatic heterocycles. The second-order valence-corrected chi connectivity index (χ2v) is 16.5. The van der Waals surface area contributed by atoms with Gasteiger partial charge in [-0.05, 0) is 50.5 Å². The Balaban J connectivity index is 0.00000132. The molecule has 4 nitrogen and oxygen atoms in total. The maximum atomic E-state index is 8.49. The molecule has 0 saturated carbocycles. The highest BCUT2D eigenvalue weighted by Crippen LogP contribution is 2.46. The van der Waals surface area contributed by atoms with Crippen molar-refractivity contribution in [3.05, 3.63) is 79.3 Å². The molecule has 0 aromatic carbocycles. The summed E-state index contributed by atoms with van der Waals surface area (Å²) in [7, 11) is -4.94. The lowest BCUT2D eigenvalue weighted by Gasteiger charge is -2.30. The molecule has 0 unspecified atom stereocenters. The Kier molecular flexibility index (Phi) is 11.8. The number of thioether (sulfide) groups is 1. The summed E-state index contributed by atoms with van der Waals surface area (Å²) in [6.45, 7) is 27.5. The van der Waals surface area contributed by atoms with Gasteiger partial charge in [0.25, 0.3) is 0 Å². The lowest BCUT2D eigenvalue weighted by Crippen LogP contribution is -2.68. The zero-order chi connectivity index (χ0) is 29.7. The highest BCUT2D eigenvalue weighted by Gasteiger charge is 2.29. The van der Waals surface area contributed by atoms with Crippen LogP contribution in [0.25, 0.3) is 6.08 Å². The quantitative estimate of drug-likeness (QED) is 0.324. The Labute approximate surface area is 241 Å². The molecule has 0 atom stereocenters. The highest BCUT2D eigenvalue weighted by atomic mass is 35.7. The van der Waals surface area contributed by atoms with Crippen LogP contribution in [-0.2, 0) is 10.8 Å². The maximum absolute atomic E-state index is 8.49. The van der Waals surface area contributed by atoms with Gasteiger partial charge in [-0.1, -0.05) is 113 Å². The normalized spacial score (nSPS) is 17.0.